The largest absolute Gasteiger partial charge is 0.316 e. The standard InChI is InChI=1S/C13H20ClNO2S/c1-4-10(2)13(15-3)9-18(16,17)12-7-5-6-11(14)8-12/h5-8,10,13,15H,4,9H2,1-3H3. The minimum Gasteiger partial charge on any atom is -0.316 e. The summed E-state index contributed by atoms with van der Waals surface area (Å²) < 4.78 is 24.6. The number of hydrogen-bond donors (Lipinski definition) is 1. The number of halogens is 1. The van der Waals surface area contributed by atoms with Gasteiger partial charge in [0.2, 0.25) is 0 Å². The van der Waals surface area contributed by atoms with Crippen LogP contribution in [0.1, 0.15) is 20.3 Å². The normalized spacial score (nSPS) is 15.3. The average Bonchev–Trinajstić information content (AvgIpc) is 2.35. The first-order chi connectivity index (χ1) is 8.40. The summed E-state index contributed by atoms with van der Waals surface area (Å²) in [5.74, 6) is 0.405. The molecular weight excluding hydrogens is 270 g/mol. The summed E-state index contributed by atoms with van der Waals surface area (Å²) in [4.78, 5) is 0.290. The van der Waals surface area contributed by atoms with Gasteiger partial charge in [-0.2, -0.15) is 0 Å². The van der Waals surface area contributed by atoms with E-state index in [4.69, 9.17) is 11.6 Å². The molecule has 0 fully saturated rings. The molecule has 1 rings (SSSR count). The Balaban J connectivity index is 2.94. The molecule has 0 aliphatic carbocycles. The SMILES string of the molecule is CCC(C)C(CS(=O)(=O)c1cccc(Cl)c1)NC. The molecule has 3 nitrogen and oxygen atoms in total. The first-order valence-corrected chi connectivity index (χ1v) is 8.09. The summed E-state index contributed by atoms with van der Waals surface area (Å²) in [6.07, 6.45) is 0.941. The molecule has 18 heavy (non-hydrogen) atoms. The van der Waals surface area contributed by atoms with Crippen molar-refractivity contribution in [3.63, 3.8) is 0 Å². The third-order valence-electron chi connectivity index (χ3n) is 3.26. The number of hydrogen-bond acceptors (Lipinski definition) is 3. The van der Waals surface area contributed by atoms with Gasteiger partial charge in [-0.1, -0.05) is 37.9 Å². The lowest BCUT2D eigenvalue weighted by molar-refractivity contribution is 0.414. The van der Waals surface area contributed by atoms with E-state index >= 15 is 0 Å². The second-order valence-electron chi connectivity index (χ2n) is 4.52. The molecule has 0 saturated heterocycles. The number of benzene rings is 1. The highest BCUT2D eigenvalue weighted by molar-refractivity contribution is 7.91. The summed E-state index contributed by atoms with van der Waals surface area (Å²) in [6.45, 7) is 4.11. The van der Waals surface area contributed by atoms with Crippen molar-refractivity contribution in [3.05, 3.63) is 29.3 Å². The number of sulfone groups is 1. The van der Waals surface area contributed by atoms with E-state index in [1.54, 1.807) is 25.2 Å². The van der Waals surface area contributed by atoms with Gasteiger partial charge in [0.05, 0.1) is 10.6 Å². The summed E-state index contributed by atoms with van der Waals surface area (Å²) in [5, 5.41) is 3.53. The monoisotopic (exact) mass is 289 g/mol. The fourth-order valence-electron chi connectivity index (χ4n) is 1.81. The molecule has 0 heterocycles. The molecule has 1 aromatic carbocycles. The first-order valence-electron chi connectivity index (χ1n) is 6.06. The van der Waals surface area contributed by atoms with Crippen LogP contribution in [0.25, 0.3) is 0 Å². The lowest BCUT2D eigenvalue weighted by atomic mass is 10.0. The fraction of sp³-hybridized carbons (Fsp3) is 0.538. The van der Waals surface area contributed by atoms with Crippen LogP contribution in [0.3, 0.4) is 0 Å². The van der Waals surface area contributed by atoms with Gasteiger partial charge in [0.1, 0.15) is 0 Å². The summed E-state index contributed by atoms with van der Waals surface area (Å²) in [6, 6.07) is 6.38. The average molecular weight is 290 g/mol. The molecule has 0 saturated carbocycles. The van der Waals surface area contributed by atoms with Crippen molar-refractivity contribution in [2.75, 3.05) is 12.8 Å². The Morgan fingerprint density at radius 3 is 2.56 bits per heavy atom. The van der Waals surface area contributed by atoms with Gasteiger partial charge in [0, 0.05) is 11.1 Å². The van der Waals surface area contributed by atoms with Crippen LogP contribution in [0.4, 0.5) is 0 Å². The lowest BCUT2D eigenvalue weighted by Gasteiger charge is -2.22. The summed E-state index contributed by atoms with van der Waals surface area (Å²) in [5.41, 5.74) is 0. The molecule has 0 aromatic heterocycles. The maximum atomic E-state index is 12.3. The van der Waals surface area contributed by atoms with E-state index in [-0.39, 0.29) is 11.8 Å². The Kier molecular flexibility index (Phi) is 5.63. The molecule has 0 bridgehead atoms. The van der Waals surface area contributed by atoms with E-state index in [1.807, 2.05) is 0 Å². The van der Waals surface area contributed by atoms with Crippen molar-refractivity contribution in [2.24, 2.45) is 5.92 Å². The van der Waals surface area contributed by atoms with Gasteiger partial charge in [0.15, 0.2) is 9.84 Å². The lowest BCUT2D eigenvalue weighted by Crippen LogP contribution is -2.38. The van der Waals surface area contributed by atoms with E-state index < -0.39 is 9.84 Å². The van der Waals surface area contributed by atoms with Crippen LogP contribution in [-0.2, 0) is 9.84 Å². The predicted molar refractivity (Wildman–Crippen MR) is 75.8 cm³/mol. The van der Waals surface area contributed by atoms with Crippen LogP contribution >= 0.6 is 11.6 Å². The highest BCUT2D eigenvalue weighted by Gasteiger charge is 2.23. The van der Waals surface area contributed by atoms with Crippen molar-refractivity contribution >= 4 is 21.4 Å². The van der Waals surface area contributed by atoms with Crippen LogP contribution in [0.5, 0.6) is 0 Å². The number of nitrogens with one attached hydrogen (secondary N) is 1. The van der Waals surface area contributed by atoms with Crippen molar-refractivity contribution in [1.82, 2.24) is 5.32 Å². The smallest absolute Gasteiger partial charge is 0.179 e. The topological polar surface area (TPSA) is 46.2 Å². The Labute approximate surface area is 114 Å². The summed E-state index contributed by atoms with van der Waals surface area (Å²) >= 11 is 5.83. The van der Waals surface area contributed by atoms with Gasteiger partial charge in [-0.05, 0) is 31.2 Å². The third-order valence-corrected chi connectivity index (χ3v) is 5.26. The molecule has 0 aliphatic heterocycles. The van der Waals surface area contributed by atoms with E-state index in [0.717, 1.165) is 6.42 Å². The highest BCUT2D eigenvalue weighted by Crippen LogP contribution is 2.19. The highest BCUT2D eigenvalue weighted by atomic mass is 35.5. The van der Waals surface area contributed by atoms with Gasteiger partial charge in [0.25, 0.3) is 0 Å². The van der Waals surface area contributed by atoms with Crippen LogP contribution < -0.4 is 5.32 Å². The molecule has 1 N–H and O–H groups in total. The molecule has 1 aromatic rings. The quantitative estimate of drug-likeness (QED) is 0.876. The second kappa shape index (κ2) is 6.55. The Morgan fingerprint density at radius 1 is 1.39 bits per heavy atom. The maximum absolute atomic E-state index is 12.3. The third kappa shape index (κ3) is 3.97. The molecule has 0 aliphatic rings. The van der Waals surface area contributed by atoms with Gasteiger partial charge in [-0.15, -0.1) is 0 Å². The zero-order valence-electron chi connectivity index (χ0n) is 11.0. The van der Waals surface area contributed by atoms with Crippen LogP contribution in [0.2, 0.25) is 5.02 Å². The van der Waals surface area contributed by atoms with Gasteiger partial charge < -0.3 is 5.32 Å². The molecule has 102 valence electrons. The van der Waals surface area contributed by atoms with Crippen molar-refractivity contribution in [3.8, 4) is 0 Å². The van der Waals surface area contributed by atoms with E-state index in [1.165, 1.54) is 6.07 Å². The molecule has 0 radical (unpaired) electrons. The molecular formula is C13H20ClNO2S. The van der Waals surface area contributed by atoms with Gasteiger partial charge in [-0.25, -0.2) is 8.42 Å². The zero-order chi connectivity index (χ0) is 13.8. The minimum absolute atomic E-state index is 0.0426. The van der Waals surface area contributed by atoms with Crippen molar-refractivity contribution in [2.45, 2.75) is 31.2 Å². The second-order valence-corrected chi connectivity index (χ2v) is 6.99. The molecule has 0 spiro atoms. The predicted octanol–water partition coefficient (Wildman–Crippen LogP) is 2.75. The Bertz CT molecular complexity index is 488. The molecule has 2 atom stereocenters. The summed E-state index contributed by atoms with van der Waals surface area (Å²) in [7, 11) is -1.50. The maximum Gasteiger partial charge on any atom is 0.179 e. The van der Waals surface area contributed by atoms with Crippen molar-refractivity contribution in [1.29, 1.82) is 0 Å². The Morgan fingerprint density at radius 2 is 2.06 bits per heavy atom. The van der Waals surface area contributed by atoms with Gasteiger partial charge >= 0.3 is 0 Å². The first kappa shape index (κ1) is 15.5. The number of rotatable bonds is 6. The van der Waals surface area contributed by atoms with E-state index in [2.05, 4.69) is 19.2 Å². The Hall–Kier alpha value is -0.580. The fourth-order valence-corrected chi connectivity index (χ4v) is 3.82. The molecule has 2 unspecified atom stereocenters. The van der Waals surface area contributed by atoms with Crippen LogP contribution in [-0.4, -0.2) is 27.3 Å². The molecule has 5 heteroatoms. The van der Waals surface area contributed by atoms with Crippen molar-refractivity contribution < 1.29 is 8.42 Å². The zero-order valence-corrected chi connectivity index (χ0v) is 12.6. The van der Waals surface area contributed by atoms with Crippen LogP contribution in [0, 0.1) is 5.92 Å². The van der Waals surface area contributed by atoms with E-state index in [9.17, 15) is 8.42 Å². The minimum atomic E-state index is -3.30. The molecule has 0 amide bonds. The van der Waals surface area contributed by atoms with E-state index in [0.29, 0.717) is 15.8 Å². The van der Waals surface area contributed by atoms with Crippen LogP contribution in [0.15, 0.2) is 29.2 Å². The van der Waals surface area contributed by atoms with Gasteiger partial charge in [-0.3, -0.25) is 0 Å².